The van der Waals surface area contributed by atoms with E-state index in [2.05, 4.69) is 80.4 Å². The first-order valence-electron chi connectivity index (χ1n) is 10.9. The van der Waals surface area contributed by atoms with Gasteiger partial charge in [-0.05, 0) is 68.0 Å². The molecule has 1 atom stereocenters. The van der Waals surface area contributed by atoms with Crippen molar-refractivity contribution in [2.45, 2.75) is 46.0 Å². The largest absolute Gasteiger partial charge is 0.497 e. The van der Waals surface area contributed by atoms with Gasteiger partial charge in [0.05, 0.1) is 14.2 Å². The Morgan fingerprint density at radius 2 is 1.73 bits per heavy atom. The molecule has 30 heavy (non-hydrogen) atoms. The SMILES string of the molecule is CCN(CC)c1ccc(/C=C/CC(C)(CC)c2cc(OC)ccc2NC)c(OC)c1. The first-order chi connectivity index (χ1) is 14.5. The van der Waals surface area contributed by atoms with Crippen LogP contribution in [0.5, 0.6) is 11.5 Å². The number of hydrogen-bond donors (Lipinski definition) is 1. The average Bonchev–Trinajstić information content (AvgIpc) is 2.79. The van der Waals surface area contributed by atoms with Crippen LogP contribution in [0.4, 0.5) is 11.4 Å². The minimum absolute atomic E-state index is 0.00220. The van der Waals surface area contributed by atoms with Gasteiger partial charge in [-0.15, -0.1) is 0 Å². The number of benzene rings is 2. The Hall–Kier alpha value is -2.62. The summed E-state index contributed by atoms with van der Waals surface area (Å²) < 4.78 is 11.2. The third kappa shape index (κ3) is 5.29. The normalized spacial score (nSPS) is 13.2. The summed E-state index contributed by atoms with van der Waals surface area (Å²) in [5.74, 6) is 1.80. The highest BCUT2D eigenvalue weighted by molar-refractivity contribution is 5.64. The van der Waals surface area contributed by atoms with E-state index < -0.39 is 0 Å². The smallest absolute Gasteiger partial charge is 0.128 e. The van der Waals surface area contributed by atoms with Crippen molar-refractivity contribution in [2.24, 2.45) is 0 Å². The summed E-state index contributed by atoms with van der Waals surface area (Å²) in [5.41, 5.74) is 4.72. The number of anilines is 2. The molecule has 0 fully saturated rings. The molecule has 0 aliphatic carbocycles. The zero-order valence-electron chi connectivity index (χ0n) is 19.7. The second-order valence-corrected chi connectivity index (χ2v) is 7.78. The van der Waals surface area contributed by atoms with Gasteiger partial charge in [-0.2, -0.15) is 0 Å². The Kier molecular flexibility index (Phi) is 8.64. The Bertz CT molecular complexity index is 843. The van der Waals surface area contributed by atoms with Crippen molar-refractivity contribution in [2.75, 3.05) is 44.6 Å². The number of hydrogen-bond acceptors (Lipinski definition) is 4. The van der Waals surface area contributed by atoms with Crippen LogP contribution in [-0.4, -0.2) is 34.4 Å². The van der Waals surface area contributed by atoms with Gasteiger partial charge in [0.1, 0.15) is 11.5 Å². The van der Waals surface area contributed by atoms with E-state index in [0.717, 1.165) is 48.7 Å². The molecule has 0 aliphatic heterocycles. The molecule has 2 aromatic rings. The lowest BCUT2D eigenvalue weighted by atomic mass is 9.76. The quantitative estimate of drug-likeness (QED) is 0.467. The van der Waals surface area contributed by atoms with E-state index in [9.17, 15) is 0 Å². The summed E-state index contributed by atoms with van der Waals surface area (Å²) >= 11 is 0. The topological polar surface area (TPSA) is 33.7 Å². The second kappa shape index (κ2) is 11.0. The molecule has 0 aliphatic rings. The molecule has 0 saturated heterocycles. The maximum Gasteiger partial charge on any atom is 0.128 e. The molecule has 0 aromatic heterocycles. The van der Waals surface area contributed by atoms with Gasteiger partial charge in [0.2, 0.25) is 0 Å². The first-order valence-corrected chi connectivity index (χ1v) is 10.9. The standard InChI is InChI=1S/C26H38N2O2/c1-8-26(4,23-19-22(29-6)15-16-24(23)27-5)17-11-12-20-13-14-21(18-25(20)30-7)28(9-2)10-3/h11-16,18-19,27H,8-10,17H2,1-7H3/b12-11+. The van der Waals surface area contributed by atoms with E-state index in [1.165, 1.54) is 11.3 Å². The fourth-order valence-corrected chi connectivity index (χ4v) is 3.88. The number of ether oxygens (including phenoxy) is 2. The van der Waals surface area contributed by atoms with Crippen molar-refractivity contribution in [3.05, 3.63) is 53.6 Å². The van der Waals surface area contributed by atoms with Crippen LogP contribution in [0.3, 0.4) is 0 Å². The number of rotatable bonds is 11. The number of nitrogens with zero attached hydrogens (tertiary/aromatic N) is 1. The lowest BCUT2D eigenvalue weighted by Gasteiger charge is -2.30. The molecule has 2 rings (SSSR count). The lowest BCUT2D eigenvalue weighted by Crippen LogP contribution is -2.22. The van der Waals surface area contributed by atoms with Crippen molar-refractivity contribution in [3.8, 4) is 11.5 Å². The minimum atomic E-state index is -0.00220. The van der Waals surface area contributed by atoms with E-state index in [1.807, 2.05) is 13.1 Å². The lowest BCUT2D eigenvalue weighted by molar-refractivity contribution is 0.409. The molecule has 1 N–H and O–H groups in total. The van der Waals surface area contributed by atoms with Crippen molar-refractivity contribution in [1.29, 1.82) is 0 Å². The Morgan fingerprint density at radius 3 is 2.30 bits per heavy atom. The molecule has 1 unspecified atom stereocenters. The van der Waals surface area contributed by atoms with E-state index in [1.54, 1.807) is 14.2 Å². The highest BCUT2D eigenvalue weighted by Gasteiger charge is 2.26. The van der Waals surface area contributed by atoms with Crippen LogP contribution in [-0.2, 0) is 5.41 Å². The summed E-state index contributed by atoms with van der Waals surface area (Å²) in [6.45, 7) is 10.9. The minimum Gasteiger partial charge on any atom is -0.497 e. The molecule has 0 heterocycles. The van der Waals surface area contributed by atoms with Crippen LogP contribution < -0.4 is 19.7 Å². The van der Waals surface area contributed by atoms with Gasteiger partial charge in [0.25, 0.3) is 0 Å². The monoisotopic (exact) mass is 410 g/mol. The second-order valence-electron chi connectivity index (χ2n) is 7.78. The molecule has 0 amide bonds. The number of methoxy groups -OCH3 is 2. The molecule has 0 radical (unpaired) electrons. The summed E-state index contributed by atoms with van der Waals surface area (Å²) in [5, 5.41) is 3.34. The van der Waals surface area contributed by atoms with Crippen LogP contribution in [0.2, 0.25) is 0 Å². The Labute approximate surface area is 182 Å². The zero-order valence-corrected chi connectivity index (χ0v) is 19.7. The predicted molar refractivity (Wildman–Crippen MR) is 130 cm³/mol. The number of nitrogens with one attached hydrogen (secondary N) is 1. The van der Waals surface area contributed by atoms with Crippen LogP contribution >= 0.6 is 0 Å². The molecule has 0 spiro atoms. The van der Waals surface area contributed by atoms with E-state index in [-0.39, 0.29) is 5.41 Å². The van der Waals surface area contributed by atoms with Crippen LogP contribution in [0.1, 0.15) is 51.7 Å². The van der Waals surface area contributed by atoms with Gasteiger partial charge in [0.15, 0.2) is 0 Å². The molecule has 2 aromatic carbocycles. The zero-order chi connectivity index (χ0) is 22.1. The first kappa shape index (κ1) is 23.7. The van der Waals surface area contributed by atoms with E-state index in [4.69, 9.17) is 9.47 Å². The van der Waals surface area contributed by atoms with Gasteiger partial charge >= 0.3 is 0 Å². The third-order valence-electron chi connectivity index (χ3n) is 6.14. The van der Waals surface area contributed by atoms with E-state index in [0.29, 0.717) is 0 Å². The Balaban J connectivity index is 2.30. The van der Waals surface area contributed by atoms with Crippen molar-refractivity contribution in [1.82, 2.24) is 0 Å². The molecule has 0 saturated carbocycles. The maximum absolute atomic E-state index is 5.68. The summed E-state index contributed by atoms with van der Waals surface area (Å²) in [6.07, 6.45) is 6.39. The molecular weight excluding hydrogens is 372 g/mol. The maximum atomic E-state index is 5.68. The van der Waals surface area contributed by atoms with Crippen LogP contribution in [0, 0.1) is 0 Å². The summed E-state index contributed by atoms with van der Waals surface area (Å²) in [6, 6.07) is 12.7. The highest BCUT2D eigenvalue weighted by Crippen LogP contribution is 2.39. The summed E-state index contributed by atoms with van der Waals surface area (Å²) in [4.78, 5) is 2.33. The van der Waals surface area contributed by atoms with Crippen LogP contribution in [0.15, 0.2) is 42.5 Å². The van der Waals surface area contributed by atoms with Crippen molar-refractivity contribution >= 4 is 17.5 Å². The van der Waals surface area contributed by atoms with Crippen LogP contribution in [0.25, 0.3) is 6.08 Å². The molecule has 0 bridgehead atoms. The van der Waals surface area contributed by atoms with Crippen molar-refractivity contribution in [3.63, 3.8) is 0 Å². The third-order valence-corrected chi connectivity index (χ3v) is 6.14. The fourth-order valence-electron chi connectivity index (χ4n) is 3.88. The predicted octanol–water partition coefficient (Wildman–Crippen LogP) is 6.36. The summed E-state index contributed by atoms with van der Waals surface area (Å²) in [7, 11) is 5.43. The number of allylic oxidation sites excluding steroid dienone is 1. The van der Waals surface area contributed by atoms with E-state index >= 15 is 0 Å². The molecule has 4 nitrogen and oxygen atoms in total. The highest BCUT2D eigenvalue weighted by atomic mass is 16.5. The Morgan fingerprint density at radius 1 is 1.00 bits per heavy atom. The van der Waals surface area contributed by atoms with Gasteiger partial charge in [-0.3, -0.25) is 0 Å². The molecular formula is C26H38N2O2. The molecule has 164 valence electrons. The average molecular weight is 411 g/mol. The van der Waals surface area contributed by atoms with Crippen molar-refractivity contribution < 1.29 is 9.47 Å². The van der Waals surface area contributed by atoms with Gasteiger partial charge in [-0.1, -0.05) is 26.0 Å². The molecule has 4 heteroatoms. The van der Waals surface area contributed by atoms with Gasteiger partial charge in [-0.25, -0.2) is 0 Å². The van der Waals surface area contributed by atoms with Gasteiger partial charge < -0.3 is 19.7 Å². The van der Waals surface area contributed by atoms with Gasteiger partial charge in [0, 0.05) is 43.1 Å². The fraction of sp³-hybridized carbons (Fsp3) is 0.462.